The maximum absolute atomic E-state index is 11.9. The summed E-state index contributed by atoms with van der Waals surface area (Å²) in [5.74, 6) is -0.719. The number of nitro groups is 1. The number of rotatable bonds is 8. The Bertz CT molecular complexity index is 910. The number of methoxy groups -OCH3 is 1. The Balaban J connectivity index is 2.00. The number of nitrogens with zero attached hydrogens (tertiary/aromatic N) is 1. The van der Waals surface area contributed by atoms with Crippen molar-refractivity contribution in [3.63, 3.8) is 0 Å². The van der Waals surface area contributed by atoms with E-state index in [-0.39, 0.29) is 23.6 Å². The third-order valence-corrected chi connectivity index (χ3v) is 4.12. The Morgan fingerprint density at radius 3 is 2.00 bits per heavy atom. The SMILES string of the molecule is COC(=O)[C@@H](N)Cc1ccc(OS(=O)(=O)Oc2ccc([N+](=O)[O-])cc2)cc1. The van der Waals surface area contributed by atoms with Gasteiger partial charge in [0.15, 0.2) is 0 Å². The Hall–Kier alpha value is -3.18. The first-order chi connectivity index (χ1) is 12.7. The minimum absolute atomic E-state index is 0.0210. The van der Waals surface area contributed by atoms with Gasteiger partial charge < -0.3 is 18.8 Å². The average Bonchev–Trinajstić information content (AvgIpc) is 2.62. The van der Waals surface area contributed by atoms with Crippen LogP contribution in [0, 0.1) is 10.1 Å². The highest BCUT2D eigenvalue weighted by Gasteiger charge is 2.18. The maximum atomic E-state index is 11.9. The highest BCUT2D eigenvalue weighted by Crippen LogP contribution is 2.21. The lowest BCUT2D eigenvalue weighted by Crippen LogP contribution is -2.33. The number of nitro benzene ring substituents is 1. The zero-order valence-electron chi connectivity index (χ0n) is 14.1. The van der Waals surface area contributed by atoms with Crippen molar-refractivity contribution in [1.82, 2.24) is 0 Å². The Labute approximate surface area is 154 Å². The number of non-ortho nitro benzene ring substituents is 1. The van der Waals surface area contributed by atoms with E-state index in [0.717, 1.165) is 24.3 Å². The molecule has 144 valence electrons. The first-order valence-corrected chi connectivity index (χ1v) is 8.84. The molecule has 0 aliphatic heterocycles. The van der Waals surface area contributed by atoms with Gasteiger partial charge in [-0.3, -0.25) is 14.9 Å². The fraction of sp³-hybridized carbons (Fsp3) is 0.188. The van der Waals surface area contributed by atoms with Gasteiger partial charge in [-0.2, -0.15) is 0 Å². The molecule has 0 amide bonds. The van der Waals surface area contributed by atoms with E-state index < -0.39 is 27.3 Å². The van der Waals surface area contributed by atoms with Crippen molar-refractivity contribution >= 4 is 22.1 Å². The Kier molecular flexibility index (Phi) is 6.32. The van der Waals surface area contributed by atoms with E-state index in [2.05, 4.69) is 4.74 Å². The Morgan fingerprint density at radius 2 is 1.56 bits per heavy atom. The molecule has 0 bridgehead atoms. The van der Waals surface area contributed by atoms with Crippen molar-refractivity contribution in [3.05, 3.63) is 64.2 Å². The summed E-state index contributed by atoms with van der Waals surface area (Å²) in [6, 6.07) is 9.46. The summed E-state index contributed by atoms with van der Waals surface area (Å²) in [5.41, 5.74) is 6.12. The summed E-state index contributed by atoms with van der Waals surface area (Å²) in [6.07, 6.45) is 0.207. The lowest BCUT2D eigenvalue weighted by molar-refractivity contribution is -0.384. The van der Waals surface area contributed by atoms with Gasteiger partial charge in [0.25, 0.3) is 5.69 Å². The van der Waals surface area contributed by atoms with Gasteiger partial charge in [-0.1, -0.05) is 12.1 Å². The van der Waals surface area contributed by atoms with E-state index >= 15 is 0 Å². The molecule has 2 aromatic carbocycles. The first-order valence-electron chi connectivity index (χ1n) is 7.51. The molecule has 0 saturated carbocycles. The number of carbonyl (C=O) groups excluding carboxylic acids is 1. The molecule has 2 rings (SSSR count). The van der Waals surface area contributed by atoms with Gasteiger partial charge in [0.05, 0.1) is 12.0 Å². The minimum atomic E-state index is -4.44. The number of hydrogen-bond acceptors (Lipinski definition) is 9. The highest BCUT2D eigenvalue weighted by molar-refractivity contribution is 7.82. The molecule has 0 aliphatic carbocycles. The molecule has 0 heterocycles. The van der Waals surface area contributed by atoms with Crippen LogP contribution in [0.15, 0.2) is 48.5 Å². The van der Waals surface area contributed by atoms with Crippen molar-refractivity contribution in [3.8, 4) is 11.5 Å². The molecule has 0 unspecified atom stereocenters. The fourth-order valence-corrected chi connectivity index (χ4v) is 2.77. The average molecular weight is 396 g/mol. The van der Waals surface area contributed by atoms with Gasteiger partial charge in [0, 0.05) is 12.1 Å². The molecule has 0 aliphatic rings. The number of nitrogens with two attached hydrogens (primary N) is 1. The summed E-state index contributed by atoms with van der Waals surface area (Å²) < 4.78 is 37.9. The molecule has 0 fully saturated rings. The smallest absolute Gasteiger partial charge is 0.468 e. The van der Waals surface area contributed by atoms with Crippen LogP contribution >= 0.6 is 0 Å². The van der Waals surface area contributed by atoms with Crippen LogP contribution in [-0.2, 0) is 26.4 Å². The van der Waals surface area contributed by atoms with Crippen LogP contribution in [0.25, 0.3) is 0 Å². The summed E-state index contributed by atoms with van der Waals surface area (Å²) in [5, 5.41) is 10.6. The lowest BCUT2D eigenvalue weighted by Gasteiger charge is -2.10. The quantitative estimate of drug-likeness (QED) is 0.396. The second-order valence-corrected chi connectivity index (χ2v) is 6.45. The third kappa shape index (κ3) is 5.94. The standard InChI is InChI=1S/C16H16N2O8S/c1-24-16(19)15(17)10-11-2-6-13(7-3-11)25-27(22,23)26-14-8-4-12(5-9-14)18(20)21/h2-9,15H,10,17H2,1H3/t15-/m0/s1. The molecule has 0 spiro atoms. The molecule has 2 aromatic rings. The Morgan fingerprint density at radius 1 is 1.07 bits per heavy atom. The predicted octanol–water partition coefficient (Wildman–Crippen LogP) is 1.34. The zero-order chi connectivity index (χ0) is 20.0. The number of hydrogen-bond donors (Lipinski definition) is 1. The number of esters is 1. The summed E-state index contributed by atoms with van der Waals surface area (Å²) in [7, 11) is -3.21. The number of benzene rings is 2. The van der Waals surface area contributed by atoms with Gasteiger partial charge in [-0.25, -0.2) is 0 Å². The van der Waals surface area contributed by atoms with Crippen LogP contribution in [-0.4, -0.2) is 32.5 Å². The second kappa shape index (κ2) is 8.47. The van der Waals surface area contributed by atoms with Crippen molar-refractivity contribution in [1.29, 1.82) is 0 Å². The lowest BCUT2D eigenvalue weighted by atomic mass is 10.1. The monoisotopic (exact) mass is 396 g/mol. The number of carbonyl (C=O) groups is 1. The molecule has 10 nitrogen and oxygen atoms in total. The van der Waals surface area contributed by atoms with Gasteiger partial charge in [-0.05, 0) is 36.2 Å². The van der Waals surface area contributed by atoms with E-state index in [4.69, 9.17) is 14.1 Å². The molecule has 0 saturated heterocycles. The van der Waals surface area contributed by atoms with Crippen LogP contribution in [0.4, 0.5) is 5.69 Å². The van der Waals surface area contributed by atoms with Gasteiger partial charge in [-0.15, -0.1) is 8.42 Å². The van der Waals surface area contributed by atoms with Crippen LogP contribution in [0.1, 0.15) is 5.56 Å². The molecule has 1 atom stereocenters. The van der Waals surface area contributed by atoms with E-state index in [1.165, 1.54) is 19.2 Å². The minimum Gasteiger partial charge on any atom is -0.468 e. The van der Waals surface area contributed by atoms with Gasteiger partial charge in [0.2, 0.25) is 0 Å². The summed E-state index contributed by atoms with van der Waals surface area (Å²) in [4.78, 5) is 21.3. The largest absolute Gasteiger partial charge is 0.500 e. The van der Waals surface area contributed by atoms with Crippen molar-refractivity contribution in [2.45, 2.75) is 12.5 Å². The maximum Gasteiger partial charge on any atom is 0.500 e. The topological polar surface area (TPSA) is 148 Å². The van der Waals surface area contributed by atoms with Crippen LogP contribution in [0.5, 0.6) is 11.5 Å². The first kappa shape index (κ1) is 20.1. The molecule has 0 radical (unpaired) electrons. The normalized spacial score (nSPS) is 12.1. The summed E-state index contributed by atoms with van der Waals surface area (Å²) >= 11 is 0. The molecule has 0 aromatic heterocycles. The van der Waals surface area contributed by atoms with E-state index in [1.807, 2.05) is 0 Å². The zero-order valence-corrected chi connectivity index (χ0v) is 14.9. The molecular formula is C16H16N2O8S. The fourth-order valence-electron chi connectivity index (χ4n) is 2.05. The number of ether oxygens (including phenoxy) is 1. The summed E-state index contributed by atoms with van der Waals surface area (Å²) in [6.45, 7) is 0. The van der Waals surface area contributed by atoms with Crippen LogP contribution < -0.4 is 14.1 Å². The molecule has 11 heteroatoms. The van der Waals surface area contributed by atoms with E-state index in [1.54, 1.807) is 12.1 Å². The molecule has 2 N–H and O–H groups in total. The predicted molar refractivity (Wildman–Crippen MR) is 93.4 cm³/mol. The van der Waals surface area contributed by atoms with Gasteiger partial charge >= 0.3 is 16.4 Å². The van der Waals surface area contributed by atoms with Gasteiger partial charge in [0.1, 0.15) is 17.5 Å². The second-order valence-electron chi connectivity index (χ2n) is 5.30. The molecular weight excluding hydrogens is 380 g/mol. The molecule has 27 heavy (non-hydrogen) atoms. The van der Waals surface area contributed by atoms with Crippen LogP contribution in [0.2, 0.25) is 0 Å². The third-order valence-electron chi connectivity index (χ3n) is 3.33. The van der Waals surface area contributed by atoms with E-state index in [9.17, 15) is 23.3 Å². The highest BCUT2D eigenvalue weighted by atomic mass is 32.3. The van der Waals surface area contributed by atoms with Crippen molar-refractivity contribution < 1.29 is 31.2 Å². The van der Waals surface area contributed by atoms with E-state index in [0.29, 0.717) is 5.56 Å². The van der Waals surface area contributed by atoms with Crippen molar-refractivity contribution in [2.24, 2.45) is 5.73 Å². The van der Waals surface area contributed by atoms with Crippen molar-refractivity contribution in [2.75, 3.05) is 7.11 Å². The van der Waals surface area contributed by atoms with Crippen LogP contribution in [0.3, 0.4) is 0 Å².